The fourth-order valence-corrected chi connectivity index (χ4v) is 3.88. The van der Waals surface area contributed by atoms with Crippen molar-refractivity contribution in [3.8, 4) is 11.5 Å². The number of fused-ring (bicyclic) bond motifs is 1. The molecule has 2 aromatic carbocycles. The zero-order valence-electron chi connectivity index (χ0n) is 13.4. The molecule has 128 valence electrons. The lowest BCUT2D eigenvalue weighted by atomic mass is 10.1. The molecule has 0 saturated heterocycles. The fraction of sp³-hybridized carbons (Fsp3) is 0.294. The van der Waals surface area contributed by atoms with Gasteiger partial charge in [0.25, 0.3) is 0 Å². The monoisotopic (exact) mass is 351 g/mol. The van der Waals surface area contributed by atoms with Crippen molar-refractivity contribution in [2.45, 2.75) is 17.9 Å². The van der Waals surface area contributed by atoms with Crippen LogP contribution < -0.4 is 9.47 Å². The first-order chi connectivity index (χ1) is 11.4. The molecule has 0 aromatic heterocycles. The van der Waals surface area contributed by atoms with Crippen LogP contribution in [0.3, 0.4) is 0 Å². The number of rotatable bonds is 4. The van der Waals surface area contributed by atoms with Gasteiger partial charge in [-0.1, -0.05) is 12.1 Å². The van der Waals surface area contributed by atoms with E-state index in [-0.39, 0.29) is 10.7 Å². The van der Waals surface area contributed by atoms with Crippen LogP contribution in [0.1, 0.15) is 18.5 Å². The van der Waals surface area contributed by atoms with Crippen molar-refractivity contribution >= 4 is 10.0 Å². The smallest absolute Gasteiger partial charge is 0.243 e. The second-order valence-electron chi connectivity index (χ2n) is 5.55. The molecule has 3 rings (SSSR count). The molecule has 1 aliphatic rings. The van der Waals surface area contributed by atoms with E-state index < -0.39 is 16.1 Å². The highest BCUT2D eigenvalue weighted by Gasteiger charge is 2.28. The normalized spacial score (nSPS) is 15.3. The van der Waals surface area contributed by atoms with Gasteiger partial charge in [0.05, 0.1) is 4.90 Å². The van der Waals surface area contributed by atoms with E-state index in [0.717, 1.165) is 0 Å². The Balaban J connectivity index is 1.90. The van der Waals surface area contributed by atoms with Gasteiger partial charge >= 0.3 is 0 Å². The molecule has 5 nitrogen and oxygen atoms in total. The molecular formula is C17H18FNO4S. The van der Waals surface area contributed by atoms with Crippen LogP contribution in [0.15, 0.2) is 47.4 Å². The van der Waals surface area contributed by atoms with Gasteiger partial charge in [-0.2, -0.15) is 4.31 Å². The molecule has 2 aromatic rings. The minimum atomic E-state index is -3.73. The molecule has 0 amide bonds. The Kier molecular flexibility index (Phi) is 4.47. The van der Waals surface area contributed by atoms with E-state index in [1.807, 2.05) is 0 Å². The Hall–Kier alpha value is -2.12. The number of nitrogens with zero attached hydrogens (tertiary/aromatic N) is 1. The molecule has 0 bridgehead atoms. The first-order valence-corrected chi connectivity index (χ1v) is 8.97. The van der Waals surface area contributed by atoms with Crippen LogP contribution in [-0.2, 0) is 10.0 Å². The van der Waals surface area contributed by atoms with Crippen LogP contribution in [0.5, 0.6) is 11.5 Å². The van der Waals surface area contributed by atoms with E-state index in [2.05, 4.69) is 0 Å². The van der Waals surface area contributed by atoms with Gasteiger partial charge in [-0.05, 0) is 36.8 Å². The zero-order valence-corrected chi connectivity index (χ0v) is 14.2. The van der Waals surface area contributed by atoms with Gasteiger partial charge in [0.2, 0.25) is 10.0 Å². The number of ether oxygens (including phenoxy) is 2. The zero-order chi connectivity index (χ0) is 17.3. The number of sulfonamides is 1. The first-order valence-electron chi connectivity index (χ1n) is 7.53. The summed E-state index contributed by atoms with van der Waals surface area (Å²) >= 11 is 0. The second-order valence-corrected chi connectivity index (χ2v) is 7.55. The minimum Gasteiger partial charge on any atom is -0.486 e. The van der Waals surface area contributed by atoms with Crippen LogP contribution >= 0.6 is 0 Å². The predicted octanol–water partition coefficient (Wildman–Crippen LogP) is 2.98. The van der Waals surface area contributed by atoms with Crippen molar-refractivity contribution in [2.75, 3.05) is 20.3 Å². The molecule has 0 fully saturated rings. The minimum absolute atomic E-state index is 0.128. The molecule has 0 aliphatic carbocycles. The largest absolute Gasteiger partial charge is 0.486 e. The summed E-state index contributed by atoms with van der Waals surface area (Å²) in [5.74, 6) is 0.600. The average Bonchev–Trinajstić information content (AvgIpc) is 2.60. The summed E-state index contributed by atoms with van der Waals surface area (Å²) in [4.78, 5) is 0.128. The van der Waals surface area contributed by atoms with Crippen LogP contribution in [0.2, 0.25) is 0 Å². The third kappa shape index (κ3) is 3.09. The topological polar surface area (TPSA) is 55.8 Å². The van der Waals surface area contributed by atoms with Gasteiger partial charge in [-0.3, -0.25) is 0 Å². The van der Waals surface area contributed by atoms with Gasteiger partial charge in [0.1, 0.15) is 19.0 Å². The number of halogens is 1. The Labute approximate surface area is 140 Å². The van der Waals surface area contributed by atoms with E-state index in [1.54, 1.807) is 25.1 Å². The highest BCUT2D eigenvalue weighted by Crippen LogP contribution is 2.34. The van der Waals surface area contributed by atoms with Crippen molar-refractivity contribution in [1.82, 2.24) is 4.31 Å². The summed E-state index contributed by atoms with van der Waals surface area (Å²) in [6, 6.07) is 9.91. The number of benzene rings is 2. The van der Waals surface area contributed by atoms with Crippen molar-refractivity contribution in [3.63, 3.8) is 0 Å². The Morgan fingerprint density at radius 1 is 1.04 bits per heavy atom. The highest BCUT2D eigenvalue weighted by molar-refractivity contribution is 7.89. The van der Waals surface area contributed by atoms with E-state index in [4.69, 9.17) is 9.47 Å². The molecule has 1 aliphatic heterocycles. The average molecular weight is 351 g/mol. The van der Waals surface area contributed by atoms with Crippen molar-refractivity contribution < 1.29 is 22.3 Å². The maximum absolute atomic E-state index is 13.1. The maximum Gasteiger partial charge on any atom is 0.243 e. The molecule has 7 heteroatoms. The SMILES string of the molecule is C[C@@H](c1ccc(F)cc1)N(C)S(=O)(=O)c1ccc2c(c1)OCCO2. The van der Waals surface area contributed by atoms with Gasteiger partial charge in [-0.15, -0.1) is 0 Å². The highest BCUT2D eigenvalue weighted by atomic mass is 32.2. The molecule has 24 heavy (non-hydrogen) atoms. The third-order valence-electron chi connectivity index (χ3n) is 4.09. The summed E-state index contributed by atoms with van der Waals surface area (Å²) in [7, 11) is -2.23. The van der Waals surface area contributed by atoms with E-state index in [0.29, 0.717) is 30.3 Å². The fourth-order valence-electron chi connectivity index (χ4n) is 2.51. The first kappa shape index (κ1) is 16.7. The van der Waals surface area contributed by atoms with E-state index >= 15 is 0 Å². The maximum atomic E-state index is 13.1. The summed E-state index contributed by atoms with van der Waals surface area (Å²) in [6.07, 6.45) is 0. The van der Waals surface area contributed by atoms with Crippen LogP contribution in [0, 0.1) is 5.82 Å². The van der Waals surface area contributed by atoms with Gasteiger partial charge < -0.3 is 9.47 Å². The molecule has 0 saturated carbocycles. The molecule has 0 N–H and O–H groups in total. The Morgan fingerprint density at radius 2 is 1.67 bits per heavy atom. The standard InChI is InChI=1S/C17H18FNO4S/c1-12(13-3-5-14(18)6-4-13)19(2)24(20,21)15-7-8-16-17(11-15)23-10-9-22-16/h3-8,11-12H,9-10H2,1-2H3/t12-/m0/s1. The van der Waals surface area contributed by atoms with Crippen LogP contribution in [0.4, 0.5) is 4.39 Å². The Bertz CT molecular complexity index is 836. The molecule has 0 radical (unpaired) electrons. The lowest BCUT2D eigenvalue weighted by Crippen LogP contribution is -2.30. The lowest BCUT2D eigenvalue weighted by Gasteiger charge is -2.25. The van der Waals surface area contributed by atoms with E-state index in [9.17, 15) is 12.8 Å². The van der Waals surface area contributed by atoms with Gasteiger partial charge in [0.15, 0.2) is 11.5 Å². The molecule has 0 unspecified atom stereocenters. The van der Waals surface area contributed by atoms with Crippen molar-refractivity contribution in [2.24, 2.45) is 0 Å². The van der Waals surface area contributed by atoms with Gasteiger partial charge in [0, 0.05) is 19.2 Å². The Morgan fingerprint density at radius 3 is 2.33 bits per heavy atom. The summed E-state index contributed by atoms with van der Waals surface area (Å²) < 4.78 is 50.9. The van der Waals surface area contributed by atoms with Crippen LogP contribution in [-0.4, -0.2) is 33.0 Å². The third-order valence-corrected chi connectivity index (χ3v) is 6.01. The summed E-state index contributed by atoms with van der Waals surface area (Å²) in [5, 5.41) is 0. The number of hydrogen-bond acceptors (Lipinski definition) is 4. The van der Waals surface area contributed by atoms with Gasteiger partial charge in [-0.25, -0.2) is 12.8 Å². The molecule has 0 spiro atoms. The predicted molar refractivity (Wildman–Crippen MR) is 87.2 cm³/mol. The molecule has 1 atom stereocenters. The van der Waals surface area contributed by atoms with Crippen molar-refractivity contribution in [3.05, 3.63) is 53.8 Å². The van der Waals surface area contributed by atoms with Crippen molar-refractivity contribution in [1.29, 1.82) is 0 Å². The second kappa shape index (κ2) is 6.41. The van der Waals surface area contributed by atoms with E-state index in [1.165, 1.54) is 35.6 Å². The number of hydrogen-bond donors (Lipinski definition) is 0. The molecule has 1 heterocycles. The lowest BCUT2D eigenvalue weighted by molar-refractivity contribution is 0.171. The summed E-state index contributed by atoms with van der Waals surface area (Å²) in [5.41, 5.74) is 0.708. The quantitative estimate of drug-likeness (QED) is 0.850. The molecular weight excluding hydrogens is 333 g/mol. The van der Waals surface area contributed by atoms with Crippen LogP contribution in [0.25, 0.3) is 0 Å². The summed E-state index contributed by atoms with van der Waals surface area (Å²) in [6.45, 7) is 2.59.